The molecule has 0 aromatic carbocycles. The van der Waals surface area contributed by atoms with Crippen molar-refractivity contribution in [2.45, 2.75) is 26.7 Å². The van der Waals surface area contributed by atoms with Crippen LogP contribution in [0.3, 0.4) is 0 Å². The van der Waals surface area contributed by atoms with E-state index in [4.69, 9.17) is 9.47 Å². The Labute approximate surface area is 151 Å². The molecular weight excluding hydrogens is 397 g/mol. The van der Waals surface area contributed by atoms with E-state index in [1.165, 1.54) is 0 Å². The Morgan fingerprint density at radius 3 is 2.73 bits per heavy atom. The summed E-state index contributed by atoms with van der Waals surface area (Å²) in [6.45, 7) is 8.90. The number of aliphatic hydroxyl groups excluding tert-OH is 1. The van der Waals surface area contributed by atoms with Crippen LogP contribution in [0, 0.1) is 11.3 Å². The zero-order valence-corrected chi connectivity index (χ0v) is 16.4. The molecule has 7 heteroatoms. The highest BCUT2D eigenvalue weighted by molar-refractivity contribution is 14.0. The van der Waals surface area contributed by atoms with E-state index < -0.39 is 0 Å². The highest BCUT2D eigenvalue weighted by Gasteiger charge is 2.34. The molecule has 1 heterocycles. The number of hydrogen-bond acceptors (Lipinski definition) is 4. The normalized spacial score (nSPS) is 21.8. The van der Waals surface area contributed by atoms with E-state index in [2.05, 4.69) is 29.5 Å². The Bertz CT molecular complexity index is 308. The molecule has 0 bridgehead atoms. The van der Waals surface area contributed by atoms with E-state index in [0.29, 0.717) is 19.1 Å². The Hall–Kier alpha value is -0.120. The van der Waals surface area contributed by atoms with Crippen molar-refractivity contribution in [2.24, 2.45) is 16.3 Å². The molecule has 1 rings (SSSR count). The summed E-state index contributed by atoms with van der Waals surface area (Å²) >= 11 is 0. The van der Waals surface area contributed by atoms with E-state index in [9.17, 15) is 5.11 Å². The fraction of sp³-hybridized carbons (Fsp3) is 0.933. The van der Waals surface area contributed by atoms with Crippen LogP contribution in [0.5, 0.6) is 0 Å². The third kappa shape index (κ3) is 8.50. The smallest absolute Gasteiger partial charge is 0.191 e. The van der Waals surface area contributed by atoms with Crippen molar-refractivity contribution in [1.29, 1.82) is 0 Å². The SMILES string of the molecule is CN=C(NCCOCC(C)C)NCC1(CCO)CCOC1.I. The fourth-order valence-electron chi connectivity index (χ4n) is 2.36. The molecule has 22 heavy (non-hydrogen) atoms. The summed E-state index contributed by atoms with van der Waals surface area (Å²) < 4.78 is 11.0. The quantitative estimate of drug-likeness (QED) is 0.223. The first kappa shape index (κ1) is 21.9. The molecule has 0 aromatic heterocycles. The minimum absolute atomic E-state index is 0. The molecule has 3 N–H and O–H groups in total. The molecule has 0 aromatic rings. The summed E-state index contributed by atoms with van der Waals surface area (Å²) in [5.74, 6) is 1.33. The van der Waals surface area contributed by atoms with Gasteiger partial charge in [-0.05, 0) is 18.8 Å². The van der Waals surface area contributed by atoms with Crippen LogP contribution in [0.2, 0.25) is 0 Å². The zero-order valence-electron chi connectivity index (χ0n) is 14.1. The lowest BCUT2D eigenvalue weighted by molar-refractivity contribution is 0.114. The van der Waals surface area contributed by atoms with Crippen LogP contribution in [0.15, 0.2) is 4.99 Å². The van der Waals surface area contributed by atoms with Crippen LogP contribution in [-0.4, -0.2) is 64.2 Å². The Balaban J connectivity index is 0.00000441. The maximum atomic E-state index is 9.21. The molecule has 0 spiro atoms. The lowest BCUT2D eigenvalue weighted by Gasteiger charge is -2.27. The molecular formula is C15H32IN3O3. The average molecular weight is 429 g/mol. The molecule has 0 radical (unpaired) electrons. The molecule has 1 fully saturated rings. The predicted octanol–water partition coefficient (Wildman–Crippen LogP) is 1.23. The van der Waals surface area contributed by atoms with Gasteiger partial charge in [-0.1, -0.05) is 13.8 Å². The Kier molecular flexibility index (Phi) is 12.3. The summed E-state index contributed by atoms with van der Waals surface area (Å²) in [6, 6.07) is 0. The second-order valence-corrected chi connectivity index (χ2v) is 6.10. The van der Waals surface area contributed by atoms with E-state index in [1.54, 1.807) is 7.05 Å². The van der Waals surface area contributed by atoms with Gasteiger partial charge in [-0.3, -0.25) is 4.99 Å². The van der Waals surface area contributed by atoms with Crippen molar-refractivity contribution in [1.82, 2.24) is 10.6 Å². The van der Waals surface area contributed by atoms with Crippen molar-refractivity contribution in [3.63, 3.8) is 0 Å². The van der Waals surface area contributed by atoms with Gasteiger partial charge in [0, 0.05) is 45.4 Å². The monoisotopic (exact) mass is 429 g/mol. The first-order valence-corrected chi connectivity index (χ1v) is 7.83. The number of ether oxygens (including phenoxy) is 2. The van der Waals surface area contributed by atoms with Crippen molar-refractivity contribution in [3.05, 3.63) is 0 Å². The van der Waals surface area contributed by atoms with Gasteiger partial charge in [-0.15, -0.1) is 24.0 Å². The number of halogens is 1. The topological polar surface area (TPSA) is 75.1 Å². The minimum Gasteiger partial charge on any atom is -0.396 e. The van der Waals surface area contributed by atoms with Gasteiger partial charge in [0.05, 0.1) is 13.2 Å². The first-order valence-electron chi connectivity index (χ1n) is 7.83. The van der Waals surface area contributed by atoms with Crippen LogP contribution in [0.25, 0.3) is 0 Å². The number of hydrogen-bond donors (Lipinski definition) is 3. The van der Waals surface area contributed by atoms with Gasteiger partial charge in [0.1, 0.15) is 0 Å². The minimum atomic E-state index is 0. The number of aliphatic hydroxyl groups is 1. The molecule has 132 valence electrons. The van der Waals surface area contributed by atoms with Gasteiger partial charge in [0.15, 0.2) is 5.96 Å². The maximum absolute atomic E-state index is 9.21. The molecule has 0 saturated carbocycles. The van der Waals surface area contributed by atoms with Crippen LogP contribution < -0.4 is 10.6 Å². The third-order valence-electron chi connectivity index (χ3n) is 3.67. The maximum Gasteiger partial charge on any atom is 0.191 e. The standard InChI is InChI=1S/C15H31N3O3.HI/c1-13(2)10-20-9-6-17-14(16-3)18-11-15(4-7-19)5-8-21-12-15;/h13,19H,4-12H2,1-3H3,(H2,16,17,18);1H. The second kappa shape index (κ2) is 12.3. The zero-order chi connectivity index (χ0) is 15.6. The van der Waals surface area contributed by atoms with Gasteiger partial charge in [-0.2, -0.15) is 0 Å². The summed E-state index contributed by atoms with van der Waals surface area (Å²) in [5, 5.41) is 15.8. The fourth-order valence-corrected chi connectivity index (χ4v) is 2.36. The molecule has 6 nitrogen and oxygen atoms in total. The number of guanidine groups is 1. The van der Waals surface area contributed by atoms with Crippen molar-refractivity contribution < 1.29 is 14.6 Å². The highest BCUT2D eigenvalue weighted by atomic mass is 127. The lowest BCUT2D eigenvalue weighted by atomic mass is 9.84. The number of nitrogens with zero attached hydrogens (tertiary/aromatic N) is 1. The van der Waals surface area contributed by atoms with Gasteiger partial charge >= 0.3 is 0 Å². The van der Waals surface area contributed by atoms with Crippen LogP contribution in [0.1, 0.15) is 26.7 Å². The van der Waals surface area contributed by atoms with Crippen LogP contribution >= 0.6 is 24.0 Å². The molecule has 1 atom stereocenters. The molecule has 1 saturated heterocycles. The molecule has 1 unspecified atom stereocenters. The molecule has 1 aliphatic rings. The summed E-state index contributed by atoms with van der Waals surface area (Å²) in [5.41, 5.74) is 0.0283. The summed E-state index contributed by atoms with van der Waals surface area (Å²) in [6.07, 6.45) is 1.74. The van der Waals surface area contributed by atoms with Crippen LogP contribution in [0.4, 0.5) is 0 Å². The summed E-state index contributed by atoms with van der Waals surface area (Å²) in [7, 11) is 1.76. The third-order valence-corrected chi connectivity index (χ3v) is 3.67. The van der Waals surface area contributed by atoms with Gasteiger partial charge in [0.25, 0.3) is 0 Å². The molecule has 1 aliphatic heterocycles. The Morgan fingerprint density at radius 1 is 1.41 bits per heavy atom. The number of rotatable bonds is 9. The molecule has 0 amide bonds. The molecule has 0 aliphatic carbocycles. The van der Waals surface area contributed by atoms with E-state index >= 15 is 0 Å². The average Bonchev–Trinajstić information content (AvgIpc) is 2.91. The summed E-state index contributed by atoms with van der Waals surface area (Å²) in [4.78, 5) is 4.21. The number of aliphatic imine (C=N–C) groups is 1. The van der Waals surface area contributed by atoms with Gasteiger partial charge in [-0.25, -0.2) is 0 Å². The lowest BCUT2D eigenvalue weighted by Crippen LogP contribution is -2.45. The van der Waals surface area contributed by atoms with Crippen molar-refractivity contribution >= 4 is 29.9 Å². The Morgan fingerprint density at radius 2 is 2.18 bits per heavy atom. The van der Waals surface area contributed by atoms with Gasteiger partial charge in [0.2, 0.25) is 0 Å². The van der Waals surface area contributed by atoms with Crippen molar-refractivity contribution in [2.75, 3.05) is 53.2 Å². The van der Waals surface area contributed by atoms with Crippen LogP contribution in [-0.2, 0) is 9.47 Å². The van der Waals surface area contributed by atoms with Gasteiger partial charge < -0.3 is 25.2 Å². The largest absolute Gasteiger partial charge is 0.396 e. The highest BCUT2D eigenvalue weighted by Crippen LogP contribution is 2.31. The second-order valence-electron chi connectivity index (χ2n) is 6.10. The number of nitrogens with one attached hydrogen (secondary N) is 2. The van der Waals surface area contributed by atoms with E-state index in [-0.39, 0.29) is 36.0 Å². The van der Waals surface area contributed by atoms with E-state index in [0.717, 1.165) is 45.1 Å². The van der Waals surface area contributed by atoms with E-state index in [1.807, 2.05) is 0 Å². The van der Waals surface area contributed by atoms with Crippen molar-refractivity contribution in [3.8, 4) is 0 Å². The predicted molar refractivity (Wildman–Crippen MR) is 100 cm³/mol. The first-order chi connectivity index (χ1) is 10.1.